The van der Waals surface area contributed by atoms with Crippen molar-refractivity contribution >= 4 is 41.8 Å². The van der Waals surface area contributed by atoms with Crippen molar-refractivity contribution in [1.82, 2.24) is 0 Å². The van der Waals surface area contributed by atoms with Crippen molar-refractivity contribution in [3.05, 3.63) is 21.7 Å². The minimum atomic E-state index is -1.04. The fourth-order valence-corrected chi connectivity index (χ4v) is 1.84. The van der Waals surface area contributed by atoms with Crippen molar-refractivity contribution in [2.75, 3.05) is 5.73 Å². The van der Waals surface area contributed by atoms with E-state index in [1.54, 1.807) is 33.8 Å². The van der Waals surface area contributed by atoms with Crippen molar-refractivity contribution in [3.8, 4) is 0 Å². The van der Waals surface area contributed by atoms with Gasteiger partial charge in [0.15, 0.2) is 0 Å². The highest BCUT2D eigenvalue weighted by Gasteiger charge is 2.36. The van der Waals surface area contributed by atoms with E-state index < -0.39 is 11.2 Å². The molecular weight excluding hydrogens is 298 g/mol. The van der Waals surface area contributed by atoms with Crippen LogP contribution in [0, 0.1) is 0 Å². The molecule has 0 spiro atoms. The first-order valence-electron chi connectivity index (χ1n) is 6.21. The average Bonchev–Trinajstić information content (AvgIpc) is 2.30. The number of anilines is 1. The van der Waals surface area contributed by atoms with Gasteiger partial charge in [0, 0.05) is 12.2 Å². The molecule has 0 saturated carbocycles. The lowest BCUT2D eigenvalue weighted by Crippen LogP contribution is -2.49. The van der Waals surface area contributed by atoms with Crippen LogP contribution in [0.15, 0.2) is 6.07 Å². The Bertz CT molecular complexity index is 502. The minimum absolute atomic E-state index is 0.209. The molecule has 0 unspecified atom stereocenters. The third kappa shape index (κ3) is 3.60. The van der Waals surface area contributed by atoms with Gasteiger partial charge in [-0.1, -0.05) is 23.2 Å². The van der Waals surface area contributed by atoms with Gasteiger partial charge in [0.1, 0.15) is 0 Å². The molecule has 0 aliphatic carbocycles. The third-order valence-corrected chi connectivity index (χ3v) is 4.35. The van der Waals surface area contributed by atoms with E-state index in [4.69, 9.17) is 39.3 Å². The van der Waals surface area contributed by atoms with E-state index in [1.807, 2.05) is 0 Å². The second-order valence-electron chi connectivity index (χ2n) is 5.66. The number of rotatable bonds is 5. The fraction of sp³-hybridized carbons (Fsp3) is 0.538. The Morgan fingerprint density at radius 1 is 1.30 bits per heavy atom. The molecule has 0 aliphatic rings. The summed E-state index contributed by atoms with van der Waals surface area (Å²) in [6.45, 7) is 7.08. The monoisotopic (exact) mass is 317 g/mol. The molecule has 0 amide bonds. The van der Waals surface area contributed by atoms with Crippen molar-refractivity contribution in [1.29, 1.82) is 0 Å². The first kappa shape index (κ1) is 17.6. The van der Waals surface area contributed by atoms with Gasteiger partial charge in [-0.15, -0.1) is 0 Å². The number of aliphatic hydroxyl groups is 1. The molecule has 5 N–H and O–H groups in total. The Labute approximate surface area is 130 Å². The van der Waals surface area contributed by atoms with Crippen LogP contribution in [-0.4, -0.2) is 23.8 Å². The van der Waals surface area contributed by atoms with Gasteiger partial charge in [-0.05, 0) is 44.8 Å². The van der Waals surface area contributed by atoms with Crippen LogP contribution >= 0.6 is 23.2 Å². The zero-order chi connectivity index (χ0) is 15.7. The summed E-state index contributed by atoms with van der Waals surface area (Å²) < 4.78 is 5.68. The number of nitrogens with two attached hydrogens (primary N) is 2. The average molecular weight is 318 g/mol. The molecule has 1 radical (unpaired) electrons. The van der Waals surface area contributed by atoms with Crippen LogP contribution in [0.2, 0.25) is 10.0 Å². The van der Waals surface area contributed by atoms with Crippen LogP contribution in [0.3, 0.4) is 0 Å². The van der Waals surface area contributed by atoms with Gasteiger partial charge >= 0.3 is 7.48 Å². The SMILES string of the molecule is CC(C)(O)C(C)(C)O[B]c1c(Cl)c(Cl)cc(N)c1CN. The van der Waals surface area contributed by atoms with Crippen LogP contribution < -0.4 is 16.9 Å². The number of halogens is 2. The van der Waals surface area contributed by atoms with Crippen LogP contribution in [0.25, 0.3) is 0 Å². The Balaban J connectivity index is 3.10. The van der Waals surface area contributed by atoms with Crippen molar-refractivity contribution in [2.24, 2.45) is 5.73 Å². The largest absolute Gasteiger partial charge is 0.427 e. The molecule has 0 heterocycles. The van der Waals surface area contributed by atoms with Crippen molar-refractivity contribution < 1.29 is 9.76 Å². The van der Waals surface area contributed by atoms with Crippen molar-refractivity contribution in [3.63, 3.8) is 0 Å². The lowest BCUT2D eigenvalue weighted by Gasteiger charge is -2.37. The predicted molar refractivity (Wildman–Crippen MR) is 85.6 cm³/mol. The maximum absolute atomic E-state index is 10.1. The van der Waals surface area contributed by atoms with Crippen LogP contribution in [0.5, 0.6) is 0 Å². The lowest BCUT2D eigenvalue weighted by atomic mass is 9.79. The molecule has 111 valence electrons. The number of benzene rings is 1. The van der Waals surface area contributed by atoms with E-state index in [-0.39, 0.29) is 6.54 Å². The van der Waals surface area contributed by atoms with E-state index in [0.717, 1.165) is 0 Å². The molecule has 1 aromatic carbocycles. The smallest absolute Gasteiger partial charge is 0.332 e. The predicted octanol–water partition coefficient (Wildman–Crippen LogP) is 1.84. The van der Waals surface area contributed by atoms with Gasteiger partial charge in [-0.2, -0.15) is 0 Å². The summed E-state index contributed by atoms with van der Waals surface area (Å²) in [6.07, 6.45) is 0. The highest BCUT2D eigenvalue weighted by Crippen LogP contribution is 2.28. The Morgan fingerprint density at radius 3 is 2.30 bits per heavy atom. The summed E-state index contributed by atoms with van der Waals surface area (Å²) in [4.78, 5) is 0. The van der Waals surface area contributed by atoms with E-state index in [1.165, 1.54) is 7.48 Å². The van der Waals surface area contributed by atoms with Gasteiger partial charge in [0.25, 0.3) is 0 Å². The second kappa shape index (κ2) is 6.12. The van der Waals surface area contributed by atoms with Gasteiger partial charge < -0.3 is 21.2 Å². The summed E-state index contributed by atoms with van der Waals surface area (Å²) in [7, 11) is 1.45. The maximum Gasteiger partial charge on any atom is 0.332 e. The first-order valence-corrected chi connectivity index (χ1v) is 6.96. The molecule has 4 nitrogen and oxygen atoms in total. The first-order chi connectivity index (χ1) is 9.01. The van der Waals surface area contributed by atoms with E-state index in [9.17, 15) is 5.11 Å². The van der Waals surface area contributed by atoms with Crippen LogP contribution in [0.1, 0.15) is 33.3 Å². The normalized spacial score (nSPS) is 12.6. The number of hydrogen-bond acceptors (Lipinski definition) is 4. The quantitative estimate of drug-likeness (QED) is 0.572. The van der Waals surface area contributed by atoms with E-state index in [2.05, 4.69) is 0 Å². The van der Waals surface area contributed by atoms with Crippen LogP contribution in [0.4, 0.5) is 5.69 Å². The maximum atomic E-state index is 10.1. The van der Waals surface area contributed by atoms with Crippen molar-refractivity contribution in [2.45, 2.75) is 45.4 Å². The second-order valence-corrected chi connectivity index (χ2v) is 6.45. The summed E-state index contributed by atoms with van der Waals surface area (Å²) >= 11 is 12.2. The standard InChI is InChI=1S/C13H20BCl2N2O2/c1-12(2,19)13(3,4)20-14-10-7(6-17)9(18)5-8(15)11(10)16/h5,19H,6,17-18H2,1-4H3. The summed E-state index contributed by atoms with van der Waals surface area (Å²) in [5.41, 5.74) is 11.4. The highest BCUT2D eigenvalue weighted by molar-refractivity contribution is 6.57. The Kier molecular flexibility index (Phi) is 5.38. The third-order valence-electron chi connectivity index (χ3n) is 3.55. The van der Waals surface area contributed by atoms with Gasteiger partial charge in [0.2, 0.25) is 0 Å². The zero-order valence-electron chi connectivity index (χ0n) is 12.1. The molecule has 1 aromatic rings. The van der Waals surface area contributed by atoms with Gasteiger partial charge in [-0.25, -0.2) is 0 Å². The molecule has 0 atom stereocenters. The summed E-state index contributed by atoms with van der Waals surface area (Å²) in [6, 6.07) is 1.56. The van der Waals surface area contributed by atoms with Gasteiger partial charge in [-0.3, -0.25) is 0 Å². The summed E-state index contributed by atoms with van der Waals surface area (Å²) in [5, 5.41) is 10.7. The zero-order valence-corrected chi connectivity index (χ0v) is 13.6. The minimum Gasteiger partial charge on any atom is -0.427 e. The molecular formula is C13H20BCl2N2O2. The molecule has 0 bridgehead atoms. The van der Waals surface area contributed by atoms with Crippen LogP contribution in [-0.2, 0) is 11.2 Å². The molecule has 0 aromatic heterocycles. The molecule has 20 heavy (non-hydrogen) atoms. The summed E-state index contributed by atoms with van der Waals surface area (Å²) in [5.74, 6) is 0. The molecule has 0 saturated heterocycles. The number of hydrogen-bond donors (Lipinski definition) is 3. The molecule has 1 rings (SSSR count). The lowest BCUT2D eigenvalue weighted by molar-refractivity contribution is -0.0893. The van der Waals surface area contributed by atoms with Gasteiger partial charge in [0.05, 0.1) is 21.2 Å². The number of nitrogen functional groups attached to an aromatic ring is 1. The Morgan fingerprint density at radius 2 is 1.85 bits per heavy atom. The van der Waals surface area contributed by atoms with E-state index >= 15 is 0 Å². The highest BCUT2D eigenvalue weighted by atomic mass is 35.5. The van der Waals surface area contributed by atoms with E-state index in [0.29, 0.717) is 26.8 Å². The molecule has 0 aliphatic heterocycles. The topological polar surface area (TPSA) is 81.5 Å². The molecule has 0 fully saturated rings. The fourth-order valence-electron chi connectivity index (χ4n) is 1.40. The molecule has 7 heteroatoms. The Hall–Kier alpha value is -0.455.